The van der Waals surface area contributed by atoms with Crippen molar-refractivity contribution < 1.29 is 14.0 Å². The normalized spacial score (nSPS) is 15.8. The number of fused-ring (bicyclic) bond motifs is 1. The predicted octanol–water partition coefficient (Wildman–Crippen LogP) is 4.86. The highest BCUT2D eigenvalue weighted by Crippen LogP contribution is 2.30. The van der Waals surface area contributed by atoms with E-state index in [0.717, 1.165) is 29.8 Å². The van der Waals surface area contributed by atoms with Crippen molar-refractivity contribution in [3.05, 3.63) is 95.3 Å². The Hall–Kier alpha value is -3.67. The number of nitrogens with zero attached hydrogens (tertiary/aromatic N) is 3. The lowest BCUT2D eigenvalue weighted by Gasteiger charge is -2.36. The molecule has 0 atom stereocenters. The van der Waals surface area contributed by atoms with E-state index in [2.05, 4.69) is 6.07 Å². The van der Waals surface area contributed by atoms with E-state index in [-0.39, 0.29) is 17.8 Å². The number of amides is 3. The maximum atomic E-state index is 13.2. The van der Waals surface area contributed by atoms with E-state index in [1.54, 1.807) is 28.0 Å². The summed E-state index contributed by atoms with van der Waals surface area (Å²) in [4.78, 5) is 31.7. The van der Waals surface area contributed by atoms with Gasteiger partial charge in [0.25, 0.3) is 5.91 Å². The van der Waals surface area contributed by atoms with Crippen molar-refractivity contribution in [2.45, 2.75) is 19.4 Å². The van der Waals surface area contributed by atoms with Gasteiger partial charge in [-0.3, -0.25) is 9.69 Å². The second-order valence-electron chi connectivity index (χ2n) is 8.22. The molecule has 3 aromatic carbocycles. The zero-order valence-electron chi connectivity index (χ0n) is 17.7. The molecular formula is C26H24FN3O2. The smallest absolute Gasteiger partial charge is 0.320 e. The third kappa shape index (κ3) is 3.84. The molecule has 2 aliphatic heterocycles. The molecule has 6 heteroatoms. The van der Waals surface area contributed by atoms with E-state index >= 15 is 0 Å². The first-order chi connectivity index (χ1) is 15.6. The van der Waals surface area contributed by atoms with E-state index in [4.69, 9.17) is 0 Å². The molecule has 0 aromatic heterocycles. The van der Waals surface area contributed by atoms with Gasteiger partial charge >= 0.3 is 6.03 Å². The fourth-order valence-corrected chi connectivity index (χ4v) is 4.49. The van der Waals surface area contributed by atoms with Crippen LogP contribution in [0.5, 0.6) is 0 Å². The summed E-state index contributed by atoms with van der Waals surface area (Å²) in [6.45, 7) is 2.34. The van der Waals surface area contributed by atoms with Gasteiger partial charge < -0.3 is 9.80 Å². The van der Waals surface area contributed by atoms with Crippen molar-refractivity contribution in [3.8, 4) is 0 Å². The standard InChI is InChI=1S/C26H24FN3O2/c27-22-11-9-19(10-12-22)18-28-14-4-15-29(26(28)32)23-7-3-6-21(17-23)25(31)30-16-13-20-5-1-2-8-24(20)30/h1-3,5-12,17H,4,13-16,18H2. The Morgan fingerprint density at radius 3 is 2.56 bits per heavy atom. The molecular weight excluding hydrogens is 405 g/mol. The van der Waals surface area contributed by atoms with Gasteiger partial charge in [-0.1, -0.05) is 36.4 Å². The van der Waals surface area contributed by atoms with Crippen LogP contribution < -0.4 is 9.80 Å². The number of para-hydroxylation sites is 1. The minimum absolute atomic E-state index is 0.0515. The van der Waals surface area contributed by atoms with E-state index < -0.39 is 0 Å². The molecule has 0 saturated carbocycles. The molecule has 3 amide bonds. The number of hydrogen-bond acceptors (Lipinski definition) is 2. The fraction of sp³-hybridized carbons (Fsp3) is 0.231. The number of anilines is 2. The van der Waals surface area contributed by atoms with Gasteiger partial charge in [-0.05, 0) is 60.4 Å². The molecule has 5 nitrogen and oxygen atoms in total. The summed E-state index contributed by atoms with van der Waals surface area (Å²) in [5.74, 6) is -0.341. The van der Waals surface area contributed by atoms with Gasteiger partial charge in [0, 0.05) is 43.1 Å². The van der Waals surface area contributed by atoms with Gasteiger partial charge in [-0.15, -0.1) is 0 Å². The zero-order chi connectivity index (χ0) is 22.1. The maximum absolute atomic E-state index is 13.2. The van der Waals surface area contributed by atoms with E-state index in [0.29, 0.717) is 31.7 Å². The van der Waals surface area contributed by atoms with Gasteiger partial charge in [0.15, 0.2) is 0 Å². The maximum Gasteiger partial charge on any atom is 0.324 e. The van der Waals surface area contributed by atoms with Crippen molar-refractivity contribution in [2.24, 2.45) is 0 Å². The largest absolute Gasteiger partial charge is 0.324 e. The number of hydrogen-bond donors (Lipinski definition) is 0. The number of halogens is 1. The topological polar surface area (TPSA) is 43.9 Å². The van der Waals surface area contributed by atoms with Crippen LogP contribution in [0.2, 0.25) is 0 Å². The van der Waals surface area contributed by atoms with Gasteiger partial charge in [0.2, 0.25) is 0 Å². The lowest BCUT2D eigenvalue weighted by Crippen LogP contribution is -2.49. The highest BCUT2D eigenvalue weighted by Gasteiger charge is 2.29. The quantitative estimate of drug-likeness (QED) is 0.595. The minimum atomic E-state index is -0.289. The third-order valence-corrected chi connectivity index (χ3v) is 6.13. The molecule has 0 bridgehead atoms. The molecule has 0 N–H and O–H groups in total. The van der Waals surface area contributed by atoms with Crippen molar-refractivity contribution in [1.82, 2.24) is 4.90 Å². The van der Waals surface area contributed by atoms with Crippen molar-refractivity contribution in [2.75, 3.05) is 29.4 Å². The average Bonchev–Trinajstić information content (AvgIpc) is 3.26. The average molecular weight is 429 g/mol. The second-order valence-corrected chi connectivity index (χ2v) is 8.22. The monoisotopic (exact) mass is 429 g/mol. The lowest BCUT2D eigenvalue weighted by atomic mass is 10.1. The second kappa shape index (κ2) is 8.46. The first-order valence-corrected chi connectivity index (χ1v) is 10.9. The van der Waals surface area contributed by atoms with Gasteiger partial charge in [0.05, 0.1) is 0 Å². The Labute approximate surface area is 186 Å². The molecule has 1 fully saturated rings. The van der Waals surface area contributed by atoms with E-state index in [1.807, 2.05) is 41.3 Å². The molecule has 5 rings (SSSR count). The molecule has 0 spiro atoms. The summed E-state index contributed by atoms with van der Waals surface area (Å²) in [5, 5.41) is 0. The van der Waals surface area contributed by atoms with Gasteiger partial charge in [0.1, 0.15) is 5.82 Å². The van der Waals surface area contributed by atoms with Crippen LogP contribution in [-0.4, -0.2) is 36.5 Å². The summed E-state index contributed by atoms with van der Waals surface area (Å²) in [5.41, 5.74) is 4.32. The van der Waals surface area contributed by atoms with Crippen LogP contribution in [0.15, 0.2) is 72.8 Å². The highest BCUT2D eigenvalue weighted by molar-refractivity contribution is 6.08. The van der Waals surface area contributed by atoms with Crippen molar-refractivity contribution >= 4 is 23.3 Å². The van der Waals surface area contributed by atoms with Gasteiger partial charge in [-0.25, -0.2) is 9.18 Å². The Balaban J connectivity index is 1.35. The lowest BCUT2D eigenvalue weighted by molar-refractivity contribution is 0.0989. The van der Waals surface area contributed by atoms with Gasteiger partial charge in [-0.2, -0.15) is 0 Å². The van der Waals surface area contributed by atoms with Crippen LogP contribution >= 0.6 is 0 Å². The van der Waals surface area contributed by atoms with Crippen LogP contribution in [0, 0.1) is 5.82 Å². The predicted molar refractivity (Wildman–Crippen MR) is 122 cm³/mol. The van der Waals surface area contributed by atoms with Crippen molar-refractivity contribution in [3.63, 3.8) is 0 Å². The number of carbonyl (C=O) groups excluding carboxylic acids is 2. The fourth-order valence-electron chi connectivity index (χ4n) is 4.49. The molecule has 2 heterocycles. The molecule has 162 valence electrons. The minimum Gasteiger partial charge on any atom is -0.320 e. The zero-order valence-corrected chi connectivity index (χ0v) is 17.7. The third-order valence-electron chi connectivity index (χ3n) is 6.13. The SMILES string of the molecule is O=C1N(Cc2ccc(F)cc2)CCCN1c1cccc(C(=O)N2CCc3ccccc32)c1. The van der Waals surface area contributed by atoms with E-state index in [1.165, 1.54) is 17.7 Å². The van der Waals surface area contributed by atoms with E-state index in [9.17, 15) is 14.0 Å². The Bertz CT molecular complexity index is 1160. The molecule has 0 radical (unpaired) electrons. The molecule has 3 aromatic rings. The first-order valence-electron chi connectivity index (χ1n) is 10.9. The summed E-state index contributed by atoms with van der Waals surface area (Å²) < 4.78 is 13.2. The van der Waals surface area contributed by atoms with Crippen LogP contribution in [0.1, 0.15) is 27.9 Å². The molecule has 32 heavy (non-hydrogen) atoms. The number of urea groups is 1. The van der Waals surface area contributed by atoms with Crippen LogP contribution in [-0.2, 0) is 13.0 Å². The Morgan fingerprint density at radius 1 is 0.906 bits per heavy atom. The highest BCUT2D eigenvalue weighted by atomic mass is 19.1. The summed E-state index contributed by atoms with van der Waals surface area (Å²) in [7, 11) is 0. The molecule has 0 aliphatic carbocycles. The molecule has 1 saturated heterocycles. The summed E-state index contributed by atoms with van der Waals surface area (Å²) >= 11 is 0. The summed E-state index contributed by atoms with van der Waals surface area (Å²) in [6, 6.07) is 21.4. The van der Waals surface area contributed by atoms with Crippen LogP contribution in [0.4, 0.5) is 20.6 Å². The number of benzene rings is 3. The molecule has 2 aliphatic rings. The number of rotatable bonds is 4. The summed E-state index contributed by atoms with van der Waals surface area (Å²) in [6.07, 6.45) is 1.68. The van der Waals surface area contributed by atoms with Crippen LogP contribution in [0.25, 0.3) is 0 Å². The Kier molecular flexibility index (Phi) is 5.35. The Morgan fingerprint density at radius 2 is 1.72 bits per heavy atom. The van der Waals surface area contributed by atoms with Crippen LogP contribution in [0.3, 0.4) is 0 Å². The van der Waals surface area contributed by atoms with Crippen molar-refractivity contribution in [1.29, 1.82) is 0 Å². The molecule has 0 unspecified atom stereocenters. The first kappa shape index (κ1) is 20.2. The number of carbonyl (C=O) groups is 2.